The molecule has 0 aromatic heterocycles. The van der Waals surface area contributed by atoms with Crippen molar-refractivity contribution >= 4 is 29.5 Å². The quantitative estimate of drug-likeness (QED) is 0.633. The van der Waals surface area contributed by atoms with Crippen LogP contribution in [-0.2, 0) is 11.8 Å². The Morgan fingerprint density at radius 3 is 1.62 bits per heavy atom. The molecule has 0 saturated carbocycles. The van der Waals surface area contributed by atoms with E-state index in [2.05, 4.69) is 85.2 Å². The van der Waals surface area contributed by atoms with Gasteiger partial charge in [0.15, 0.2) is 0 Å². The second-order valence-corrected chi connectivity index (χ2v) is 10.6. The van der Waals surface area contributed by atoms with E-state index in [1.807, 2.05) is 0 Å². The topological polar surface area (TPSA) is 6.48 Å². The van der Waals surface area contributed by atoms with Crippen molar-refractivity contribution in [1.29, 1.82) is 0 Å². The molecule has 3 rings (SSSR count). The Hall–Kier alpha value is -1.57. The number of allylic oxidation sites excluding steroid dienone is 1. The Bertz CT molecular complexity index is 723. The minimum atomic E-state index is -2.05. The van der Waals surface area contributed by atoms with Crippen LogP contribution < -0.4 is 9.34 Å². The van der Waals surface area contributed by atoms with Gasteiger partial charge in [0.1, 0.15) is 6.34 Å². The SMILES string of the molecule is C=C(CC)P1(=S)N(c2ccc(C)cc2)CCN1c1ccc(C)cc1. The summed E-state index contributed by atoms with van der Waals surface area (Å²) in [7, 11) is 0. The minimum Gasteiger partial charge on any atom is -0.323 e. The van der Waals surface area contributed by atoms with Crippen molar-refractivity contribution in [1.82, 2.24) is 0 Å². The molecular weight excluding hydrogens is 331 g/mol. The first-order valence-corrected chi connectivity index (χ1v) is 11.2. The van der Waals surface area contributed by atoms with Gasteiger partial charge in [0.25, 0.3) is 0 Å². The van der Waals surface area contributed by atoms with Gasteiger partial charge in [-0.2, -0.15) is 0 Å². The van der Waals surface area contributed by atoms with E-state index in [-0.39, 0.29) is 0 Å². The third-order valence-corrected chi connectivity index (χ3v) is 9.93. The first kappa shape index (κ1) is 17.3. The molecule has 0 radical (unpaired) electrons. The molecule has 4 heteroatoms. The molecule has 0 amide bonds. The molecule has 1 aliphatic heterocycles. The van der Waals surface area contributed by atoms with Crippen LogP contribution >= 0.6 is 6.34 Å². The number of hydrogen-bond acceptors (Lipinski definition) is 1. The standard InChI is InChI=1S/C20H25N2PS/c1-5-18(4)23(24)21(19-10-6-16(2)7-11-19)14-15-22(23)20-12-8-17(3)9-13-20/h6-13H,4-5,14-15H2,1-3H3. The van der Waals surface area contributed by atoms with Crippen molar-refractivity contribution in [3.05, 3.63) is 71.6 Å². The molecule has 0 aliphatic carbocycles. The highest BCUT2D eigenvalue weighted by atomic mass is 32.4. The van der Waals surface area contributed by atoms with E-state index in [0.717, 1.165) is 19.5 Å². The van der Waals surface area contributed by atoms with Crippen LogP contribution in [-0.4, -0.2) is 13.1 Å². The molecule has 24 heavy (non-hydrogen) atoms. The van der Waals surface area contributed by atoms with Gasteiger partial charge in [0.05, 0.1) is 0 Å². The Labute approximate surface area is 150 Å². The first-order valence-electron chi connectivity index (χ1n) is 8.44. The molecule has 2 aromatic carbocycles. The largest absolute Gasteiger partial charge is 0.323 e. The fourth-order valence-corrected chi connectivity index (χ4v) is 7.56. The predicted molar refractivity (Wildman–Crippen MR) is 111 cm³/mol. The summed E-state index contributed by atoms with van der Waals surface area (Å²) in [6.07, 6.45) is -1.13. The second-order valence-electron chi connectivity index (χ2n) is 6.38. The van der Waals surface area contributed by atoms with Gasteiger partial charge in [-0.3, -0.25) is 0 Å². The zero-order valence-corrected chi connectivity index (χ0v) is 16.4. The highest BCUT2D eigenvalue weighted by Gasteiger charge is 2.40. The van der Waals surface area contributed by atoms with Crippen molar-refractivity contribution in [3.63, 3.8) is 0 Å². The first-order chi connectivity index (χ1) is 11.5. The van der Waals surface area contributed by atoms with Crippen LogP contribution in [0.15, 0.2) is 60.4 Å². The molecule has 0 N–H and O–H groups in total. The third kappa shape index (κ3) is 2.92. The van der Waals surface area contributed by atoms with Crippen molar-refractivity contribution < 1.29 is 0 Å². The molecule has 126 valence electrons. The maximum Gasteiger partial charge on any atom is 0.149 e. The van der Waals surface area contributed by atoms with E-state index in [9.17, 15) is 0 Å². The van der Waals surface area contributed by atoms with Crippen LogP contribution in [0.3, 0.4) is 0 Å². The van der Waals surface area contributed by atoms with Crippen LogP contribution in [0.25, 0.3) is 0 Å². The van der Waals surface area contributed by atoms with Crippen molar-refractivity contribution in [2.24, 2.45) is 0 Å². The average molecular weight is 356 g/mol. The second kappa shape index (κ2) is 6.74. The fraction of sp³-hybridized carbons (Fsp3) is 0.300. The molecule has 0 bridgehead atoms. The molecule has 1 fully saturated rings. The van der Waals surface area contributed by atoms with Gasteiger partial charge in [-0.15, -0.1) is 0 Å². The van der Waals surface area contributed by atoms with Crippen LogP contribution in [0.5, 0.6) is 0 Å². The van der Waals surface area contributed by atoms with E-state index in [4.69, 9.17) is 11.8 Å². The normalized spacial score (nSPS) is 16.5. The van der Waals surface area contributed by atoms with Crippen molar-refractivity contribution in [2.75, 3.05) is 22.4 Å². The van der Waals surface area contributed by atoms with Crippen LogP contribution in [0.2, 0.25) is 0 Å². The lowest BCUT2D eigenvalue weighted by Gasteiger charge is -2.37. The van der Waals surface area contributed by atoms with Gasteiger partial charge in [0.2, 0.25) is 0 Å². The monoisotopic (exact) mass is 356 g/mol. The summed E-state index contributed by atoms with van der Waals surface area (Å²) in [5.74, 6) is 0. The lowest BCUT2D eigenvalue weighted by Crippen LogP contribution is -2.19. The highest BCUT2D eigenvalue weighted by Crippen LogP contribution is 2.66. The van der Waals surface area contributed by atoms with E-state index in [1.54, 1.807) is 0 Å². The van der Waals surface area contributed by atoms with Crippen molar-refractivity contribution in [2.45, 2.75) is 27.2 Å². The zero-order chi connectivity index (χ0) is 17.3. The molecule has 0 unspecified atom stereocenters. The Kier molecular flexibility index (Phi) is 4.85. The summed E-state index contributed by atoms with van der Waals surface area (Å²) >= 11 is 6.32. The molecule has 1 heterocycles. The number of benzene rings is 2. The number of aryl methyl sites for hydroxylation is 2. The Morgan fingerprint density at radius 1 is 0.917 bits per heavy atom. The Balaban J connectivity index is 2.05. The van der Waals surface area contributed by atoms with Crippen LogP contribution in [0.4, 0.5) is 11.4 Å². The molecule has 2 nitrogen and oxygen atoms in total. The van der Waals surface area contributed by atoms with Gasteiger partial charge in [-0.25, -0.2) is 0 Å². The summed E-state index contributed by atoms with van der Waals surface area (Å²) < 4.78 is 4.85. The van der Waals surface area contributed by atoms with Gasteiger partial charge in [0, 0.05) is 24.5 Å². The summed E-state index contributed by atoms with van der Waals surface area (Å²) in [6.45, 7) is 12.7. The van der Waals surface area contributed by atoms with Crippen molar-refractivity contribution in [3.8, 4) is 0 Å². The smallest absolute Gasteiger partial charge is 0.149 e. The summed E-state index contributed by atoms with van der Waals surface area (Å²) in [4.78, 5) is 0. The van der Waals surface area contributed by atoms with Gasteiger partial charge >= 0.3 is 0 Å². The van der Waals surface area contributed by atoms with Gasteiger partial charge in [-0.05, 0) is 61.7 Å². The number of rotatable bonds is 4. The van der Waals surface area contributed by atoms with E-state index < -0.39 is 6.34 Å². The highest BCUT2D eigenvalue weighted by molar-refractivity contribution is 8.18. The fourth-order valence-electron chi connectivity index (χ4n) is 3.14. The molecule has 2 aromatic rings. The number of nitrogens with zero attached hydrogens (tertiary/aromatic N) is 2. The van der Waals surface area contributed by atoms with E-state index in [0.29, 0.717) is 0 Å². The lowest BCUT2D eigenvalue weighted by atomic mass is 10.2. The summed E-state index contributed by atoms with van der Waals surface area (Å²) in [5, 5.41) is 1.18. The average Bonchev–Trinajstić information content (AvgIpc) is 2.94. The lowest BCUT2D eigenvalue weighted by molar-refractivity contribution is 1.02. The third-order valence-electron chi connectivity index (χ3n) is 4.66. The maximum atomic E-state index is 6.32. The predicted octanol–water partition coefficient (Wildman–Crippen LogP) is 5.86. The molecule has 1 aliphatic rings. The van der Waals surface area contributed by atoms with Crippen LogP contribution in [0, 0.1) is 13.8 Å². The summed E-state index contributed by atoms with van der Waals surface area (Å²) in [6, 6.07) is 17.4. The number of hydrogen-bond donors (Lipinski definition) is 0. The minimum absolute atomic E-state index is 0.919. The maximum absolute atomic E-state index is 6.32. The molecular formula is C20H25N2PS. The molecule has 1 saturated heterocycles. The van der Waals surface area contributed by atoms with E-state index in [1.165, 1.54) is 27.8 Å². The number of anilines is 2. The molecule has 0 atom stereocenters. The molecule has 0 spiro atoms. The zero-order valence-electron chi connectivity index (χ0n) is 14.7. The Morgan fingerprint density at radius 2 is 1.29 bits per heavy atom. The van der Waals surface area contributed by atoms with E-state index >= 15 is 0 Å². The summed E-state index contributed by atoms with van der Waals surface area (Å²) in [5.41, 5.74) is 4.98. The van der Waals surface area contributed by atoms with Gasteiger partial charge < -0.3 is 9.34 Å². The van der Waals surface area contributed by atoms with Gasteiger partial charge in [-0.1, -0.05) is 48.9 Å². The van der Waals surface area contributed by atoms with Crippen LogP contribution in [0.1, 0.15) is 24.5 Å².